The summed E-state index contributed by atoms with van der Waals surface area (Å²) in [5.41, 5.74) is 0. The van der Waals surface area contributed by atoms with Gasteiger partial charge in [-0.05, 0) is 6.92 Å². The number of rotatable bonds is 16. The molecule has 0 aliphatic heterocycles. The van der Waals surface area contributed by atoms with E-state index >= 15 is 0 Å². The van der Waals surface area contributed by atoms with Crippen LogP contribution in [0.5, 0.6) is 0 Å². The van der Waals surface area contributed by atoms with Crippen LogP contribution in [-0.4, -0.2) is 22.3 Å². The van der Waals surface area contributed by atoms with E-state index in [2.05, 4.69) is 13.8 Å². The van der Waals surface area contributed by atoms with Crippen LogP contribution in [-0.2, 0) is 24.3 Å². The van der Waals surface area contributed by atoms with Crippen LogP contribution in [0.1, 0.15) is 117 Å². The van der Waals surface area contributed by atoms with Crippen molar-refractivity contribution in [1.82, 2.24) is 0 Å². The third-order valence-corrected chi connectivity index (χ3v) is 4.21. The number of aliphatic hydroxyl groups is 1. The van der Waals surface area contributed by atoms with E-state index in [-0.39, 0.29) is 19.5 Å². The van der Waals surface area contributed by atoms with Gasteiger partial charge in [-0.1, -0.05) is 103 Å². The van der Waals surface area contributed by atoms with Gasteiger partial charge < -0.3 is 17.1 Å². The van der Waals surface area contributed by atoms with Gasteiger partial charge in [-0.25, -0.2) is 4.79 Å². The van der Waals surface area contributed by atoms with Crippen LogP contribution in [0, 0.1) is 6.92 Å². The van der Waals surface area contributed by atoms with Crippen molar-refractivity contribution in [3.63, 3.8) is 0 Å². The van der Waals surface area contributed by atoms with Crippen LogP contribution in [0.3, 0.4) is 0 Å². The predicted molar refractivity (Wildman–Crippen MR) is 104 cm³/mol. The van der Waals surface area contributed by atoms with Crippen molar-refractivity contribution in [2.24, 2.45) is 0 Å². The number of unbranched alkanes of at least 4 members (excludes halogenated alkanes) is 15. The maximum Gasteiger partial charge on any atom is 0.332 e. The van der Waals surface area contributed by atoms with Gasteiger partial charge in [-0.2, -0.15) is 6.42 Å². The number of hydrogen-bond acceptors (Lipinski definition) is 2. The Morgan fingerprint density at radius 2 is 1.00 bits per heavy atom. The molecule has 0 saturated heterocycles. The monoisotopic (exact) mass is 407 g/mol. The summed E-state index contributed by atoms with van der Waals surface area (Å²) < 4.78 is 0. The summed E-state index contributed by atoms with van der Waals surface area (Å²) in [6.07, 6.45) is 21.6. The van der Waals surface area contributed by atoms with Gasteiger partial charge in [-0.3, -0.25) is 0 Å². The molecule has 0 aliphatic rings. The van der Waals surface area contributed by atoms with Gasteiger partial charge >= 0.3 is 5.97 Å². The Bertz CT molecular complexity index is 229. The summed E-state index contributed by atoms with van der Waals surface area (Å²) in [7, 11) is 0. The van der Waals surface area contributed by atoms with E-state index in [1.807, 2.05) is 0 Å². The summed E-state index contributed by atoms with van der Waals surface area (Å²) in [6.45, 7) is 7.37. The molecule has 3 nitrogen and oxygen atoms in total. The van der Waals surface area contributed by atoms with E-state index in [1.165, 1.54) is 103 Å². The number of aliphatic hydroxyl groups excluding tert-OH is 1. The molecule has 0 aliphatic carbocycles. The van der Waals surface area contributed by atoms with Crippen molar-refractivity contribution in [3.05, 3.63) is 6.92 Å². The number of carboxylic acids is 1. The molecule has 25 heavy (non-hydrogen) atoms. The molecule has 0 amide bonds. The van der Waals surface area contributed by atoms with Gasteiger partial charge in [0.15, 0.2) is 0 Å². The molecule has 0 bridgehead atoms. The molecule has 4 heteroatoms. The molecule has 0 radical (unpaired) electrons. The second-order valence-corrected chi connectivity index (χ2v) is 6.82. The van der Waals surface area contributed by atoms with Gasteiger partial charge in [0.2, 0.25) is 0 Å². The normalized spacial score (nSPS) is 11.2. The van der Waals surface area contributed by atoms with Crippen molar-refractivity contribution in [2.45, 2.75) is 123 Å². The van der Waals surface area contributed by atoms with Crippen LogP contribution in [0.4, 0.5) is 0 Å². The number of carbonyl (C=O) groups is 1. The summed E-state index contributed by atoms with van der Waals surface area (Å²) in [5.74, 6) is -1.19. The van der Waals surface area contributed by atoms with Crippen LogP contribution in [0.2, 0.25) is 0 Å². The van der Waals surface area contributed by atoms with Crippen LogP contribution < -0.4 is 0 Å². The number of hydrogen-bond donors (Lipinski definition) is 2. The van der Waals surface area contributed by atoms with Gasteiger partial charge in [0.25, 0.3) is 0 Å². The minimum absolute atomic E-state index is 0. The molecule has 0 fully saturated rings. The Morgan fingerprint density at radius 1 is 0.760 bits per heavy atom. The van der Waals surface area contributed by atoms with Gasteiger partial charge in [0.05, 0.1) is 0 Å². The molecule has 0 rings (SSSR count). The maximum absolute atomic E-state index is 9.45. The SMILES string of the molecule is CC(O)C(=O)O.[CH2-]CCCCCCCCCCCCCCCCC.[Zn]. The van der Waals surface area contributed by atoms with Crippen LogP contribution in [0.15, 0.2) is 0 Å². The van der Waals surface area contributed by atoms with E-state index in [1.54, 1.807) is 0 Å². The number of carboxylic acid groups (broad SMARTS) is 1. The molecule has 0 heterocycles. The third kappa shape index (κ3) is 32.2. The molecular formula is C21H43O3Zn-. The first kappa shape index (κ1) is 29.8. The molecule has 2 N–H and O–H groups in total. The molecule has 148 valence electrons. The van der Waals surface area contributed by atoms with Crippen LogP contribution in [0.25, 0.3) is 0 Å². The van der Waals surface area contributed by atoms with Crippen molar-refractivity contribution in [2.75, 3.05) is 0 Å². The molecule has 1 atom stereocenters. The Morgan fingerprint density at radius 3 is 1.20 bits per heavy atom. The first-order valence-electron chi connectivity index (χ1n) is 10.3. The third-order valence-electron chi connectivity index (χ3n) is 4.21. The van der Waals surface area contributed by atoms with Gasteiger partial charge in [-0.15, -0.1) is 0 Å². The van der Waals surface area contributed by atoms with E-state index in [0.29, 0.717) is 0 Å². The molecule has 0 saturated carbocycles. The fourth-order valence-corrected chi connectivity index (χ4v) is 2.55. The first-order chi connectivity index (χ1) is 11.6. The Balaban J connectivity index is -0.000000592. The zero-order valence-electron chi connectivity index (χ0n) is 17.1. The summed E-state index contributed by atoms with van der Waals surface area (Å²) in [6, 6.07) is 0. The molecule has 0 aromatic carbocycles. The quantitative estimate of drug-likeness (QED) is 0.173. The molecular weight excluding hydrogens is 366 g/mol. The average molecular weight is 409 g/mol. The van der Waals surface area contributed by atoms with Gasteiger partial charge in [0, 0.05) is 19.5 Å². The summed E-state index contributed by atoms with van der Waals surface area (Å²) in [5, 5.41) is 15.8. The second-order valence-electron chi connectivity index (χ2n) is 6.82. The van der Waals surface area contributed by atoms with Crippen molar-refractivity contribution in [3.8, 4) is 0 Å². The minimum atomic E-state index is -1.23. The van der Waals surface area contributed by atoms with E-state index in [4.69, 9.17) is 10.2 Å². The Labute approximate surface area is 170 Å². The van der Waals surface area contributed by atoms with Crippen LogP contribution >= 0.6 is 0 Å². The van der Waals surface area contributed by atoms with E-state index in [0.717, 1.165) is 6.42 Å². The van der Waals surface area contributed by atoms with Crippen molar-refractivity contribution >= 4 is 5.97 Å². The fourth-order valence-electron chi connectivity index (χ4n) is 2.55. The second kappa shape index (κ2) is 26.3. The summed E-state index contributed by atoms with van der Waals surface area (Å²) in [4.78, 5) is 9.45. The largest absolute Gasteiger partial charge is 0.479 e. The topological polar surface area (TPSA) is 57.5 Å². The molecule has 1 unspecified atom stereocenters. The standard InChI is InChI=1S/C18H37.C3H6O3.Zn/c1-3-5-7-9-11-13-15-17-18-16-14-12-10-8-6-4-2;1-2(4)3(5)6;/h1,3-18H2,2H3;2,4H,1H3,(H,5,6);/q-1;;. The van der Waals surface area contributed by atoms with E-state index in [9.17, 15) is 4.79 Å². The van der Waals surface area contributed by atoms with E-state index < -0.39 is 12.1 Å². The van der Waals surface area contributed by atoms with Gasteiger partial charge in [0.1, 0.15) is 6.10 Å². The Hall–Kier alpha value is 0.0534. The predicted octanol–water partition coefficient (Wildman–Crippen LogP) is 6.53. The number of aliphatic carboxylic acids is 1. The summed E-state index contributed by atoms with van der Waals surface area (Å²) >= 11 is 0. The fraction of sp³-hybridized carbons (Fsp3) is 0.905. The molecule has 0 aromatic heterocycles. The van der Waals surface area contributed by atoms with Crippen molar-refractivity contribution < 1.29 is 34.5 Å². The molecule has 0 aromatic rings. The maximum atomic E-state index is 9.45. The molecule has 0 spiro atoms. The minimum Gasteiger partial charge on any atom is -0.479 e. The average Bonchev–Trinajstić information content (AvgIpc) is 2.55. The zero-order chi connectivity index (χ0) is 18.5. The first-order valence-corrected chi connectivity index (χ1v) is 10.3. The Kier molecular flexibility index (Phi) is 31.3. The zero-order valence-corrected chi connectivity index (χ0v) is 20.1. The smallest absolute Gasteiger partial charge is 0.332 e. The van der Waals surface area contributed by atoms with Crippen molar-refractivity contribution in [1.29, 1.82) is 0 Å².